The molecule has 1 aliphatic rings. The maximum atomic E-state index is 12.6. The first kappa shape index (κ1) is 16.4. The number of nitrogens with zero attached hydrogens (tertiary/aromatic N) is 3. The zero-order valence-electron chi connectivity index (χ0n) is 12.2. The zero-order valence-corrected chi connectivity index (χ0v) is 14.4. The maximum absolute atomic E-state index is 12.6. The summed E-state index contributed by atoms with van der Waals surface area (Å²) >= 11 is 18.0. The van der Waals surface area contributed by atoms with Crippen LogP contribution in [0.3, 0.4) is 0 Å². The van der Waals surface area contributed by atoms with E-state index in [2.05, 4.69) is 9.88 Å². The number of carbonyl (C=O) groups is 1. The Morgan fingerprint density at radius 2 is 1.74 bits per heavy atom. The van der Waals surface area contributed by atoms with Gasteiger partial charge in [-0.3, -0.25) is 4.79 Å². The fourth-order valence-corrected chi connectivity index (χ4v) is 3.07. The van der Waals surface area contributed by atoms with Crippen molar-refractivity contribution in [2.45, 2.75) is 0 Å². The van der Waals surface area contributed by atoms with E-state index in [1.807, 2.05) is 12.1 Å². The molecule has 2 heterocycles. The number of halogens is 3. The minimum absolute atomic E-state index is 0.101. The summed E-state index contributed by atoms with van der Waals surface area (Å²) in [5.41, 5.74) is 0.438. The van der Waals surface area contributed by atoms with E-state index >= 15 is 0 Å². The second-order valence-electron chi connectivity index (χ2n) is 5.22. The van der Waals surface area contributed by atoms with Gasteiger partial charge in [-0.15, -0.1) is 0 Å². The van der Waals surface area contributed by atoms with Gasteiger partial charge in [-0.05, 0) is 30.3 Å². The molecule has 23 heavy (non-hydrogen) atoms. The van der Waals surface area contributed by atoms with Crippen molar-refractivity contribution in [3.05, 3.63) is 57.2 Å². The molecule has 1 aliphatic heterocycles. The molecule has 7 heteroatoms. The van der Waals surface area contributed by atoms with Gasteiger partial charge in [0, 0.05) is 31.2 Å². The third-order valence-electron chi connectivity index (χ3n) is 3.75. The Morgan fingerprint density at radius 1 is 1.00 bits per heavy atom. The molecule has 0 aliphatic carbocycles. The molecule has 1 aromatic heterocycles. The first-order valence-electron chi connectivity index (χ1n) is 7.16. The molecule has 0 atom stereocenters. The minimum Gasteiger partial charge on any atom is -0.353 e. The third kappa shape index (κ3) is 3.71. The van der Waals surface area contributed by atoms with Crippen LogP contribution in [0, 0.1) is 0 Å². The van der Waals surface area contributed by atoms with Crippen LogP contribution >= 0.6 is 34.8 Å². The molecule has 3 rings (SSSR count). The summed E-state index contributed by atoms with van der Waals surface area (Å²) in [5, 5.41) is 1.38. The number of piperazine rings is 1. The van der Waals surface area contributed by atoms with Crippen LogP contribution in [-0.4, -0.2) is 42.0 Å². The van der Waals surface area contributed by atoms with Crippen LogP contribution in [-0.2, 0) is 0 Å². The van der Waals surface area contributed by atoms with Crippen LogP contribution < -0.4 is 4.90 Å². The van der Waals surface area contributed by atoms with Crippen LogP contribution in [0.4, 0.5) is 5.82 Å². The Bertz CT molecular complexity index is 730. The molecule has 0 bridgehead atoms. The SMILES string of the molecule is O=C(c1cc(Cl)ccc1Cl)N1CCN(c2cccc(Cl)n2)CC1. The van der Waals surface area contributed by atoms with Gasteiger partial charge >= 0.3 is 0 Å². The van der Waals surface area contributed by atoms with E-state index in [9.17, 15) is 4.79 Å². The molecule has 1 aromatic carbocycles. The average Bonchev–Trinajstić information content (AvgIpc) is 2.56. The summed E-state index contributed by atoms with van der Waals surface area (Å²) in [5.74, 6) is 0.724. The highest BCUT2D eigenvalue weighted by atomic mass is 35.5. The van der Waals surface area contributed by atoms with E-state index in [0.29, 0.717) is 46.9 Å². The van der Waals surface area contributed by atoms with Crippen molar-refractivity contribution in [1.82, 2.24) is 9.88 Å². The van der Waals surface area contributed by atoms with Crippen LogP contribution in [0.25, 0.3) is 0 Å². The topological polar surface area (TPSA) is 36.4 Å². The maximum Gasteiger partial charge on any atom is 0.255 e. The molecule has 4 nitrogen and oxygen atoms in total. The van der Waals surface area contributed by atoms with E-state index in [0.717, 1.165) is 5.82 Å². The summed E-state index contributed by atoms with van der Waals surface area (Å²) in [7, 11) is 0. The van der Waals surface area contributed by atoms with Gasteiger partial charge in [0.25, 0.3) is 5.91 Å². The van der Waals surface area contributed by atoms with Gasteiger partial charge in [0.1, 0.15) is 11.0 Å². The molecule has 0 N–H and O–H groups in total. The van der Waals surface area contributed by atoms with Crippen molar-refractivity contribution in [3.63, 3.8) is 0 Å². The van der Waals surface area contributed by atoms with Crippen LogP contribution in [0.5, 0.6) is 0 Å². The summed E-state index contributed by atoms with van der Waals surface area (Å²) in [6, 6.07) is 10.4. The number of anilines is 1. The number of aromatic nitrogens is 1. The molecule has 2 aromatic rings. The quantitative estimate of drug-likeness (QED) is 0.750. The molecule has 1 amide bonds. The van der Waals surface area contributed by atoms with Crippen molar-refractivity contribution in [1.29, 1.82) is 0 Å². The lowest BCUT2D eigenvalue weighted by Crippen LogP contribution is -2.49. The highest BCUT2D eigenvalue weighted by molar-refractivity contribution is 6.35. The molecule has 0 spiro atoms. The monoisotopic (exact) mass is 369 g/mol. The first-order chi connectivity index (χ1) is 11.0. The van der Waals surface area contributed by atoms with Crippen molar-refractivity contribution in [2.24, 2.45) is 0 Å². The lowest BCUT2D eigenvalue weighted by molar-refractivity contribution is 0.0746. The fraction of sp³-hybridized carbons (Fsp3) is 0.250. The number of carbonyl (C=O) groups excluding carboxylic acids is 1. The summed E-state index contributed by atoms with van der Waals surface area (Å²) in [6.45, 7) is 2.57. The smallest absolute Gasteiger partial charge is 0.255 e. The van der Waals surface area contributed by atoms with E-state index in [1.54, 1.807) is 29.2 Å². The second-order valence-corrected chi connectivity index (χ2v) is 6.45. The predicted octanol–water partition coefficient (Wildman–Crippen LogP) is 4.00. The van der Waals surface area contributed by atoms with Crippen molar-refractivity contribution in [3.8, 4) is 0 Å². The van der Waals surface area contributed by atoms with Gasteiger partial charge < -0.3 is 9.80 Å². The Balaban J connectivity index is 1.69. The van der Waals surface area contributed by atoms with E-state index in [4.69, 9.17) is 34.8 Å². The molecule has 120 valence electrons. The number of hydrogen-bond donors (Lipinski definition) is 0. The van der Waals surface area contributed by atoms with Crippen molar-refractivity contribution < 1.29 is 4.79 Å². The van der Waals surface area contributed by atoms with Crippen molar-refractivity contribution in [2.75, 3.05) is 31.1 Å². The van der Waals surface area contributed by atoms with Gasteiger partial charge in [-0.2, -0.15) is 0 Å². The Morgan fingerprint density at radius 3 is 2.43 bits per heavy atom. The van der Waals surface area contributed by atoms with E-state index < -0.39 is 0 Å². The van der Waals surface area contributed by atoms with Gasteiger partial charge in [0.2, 0.25) is 0 Å². The Kier molecular flexibility index (Phi) is 4.95. The van der Waals surface area contributed by atoms with Crippen LogP contribution in [0.1, 0.15) is 10.4 Å². The average molecular weight is 371 g/mol. The number of benzene rings is 1. The second kappa shape index (κ2) is 6.95. The summed E-state index contributed by atoms with van der Waals surface area (Å²) in [6.07, 6.45) is 0. The highest BCUT2D eigenvalue weighted by Crippen LogP contribution is 2.23. The molecule has 0 unspecified atom stereocenters. The lowest BCUT2D eigenvalue weighted by Gasteiger charge is -2.35. The minimum atomic E-state index is -0.101. The van der Waals surface area contributed by atoms with Crippen LogP contribution in [0.15, 0.2) is 36.4 Å². The number of amides is 1. The summed E-state index contributed by atoms with van der Waals surface area (Å²) < 4.78 is 0. The summed E-state index contributed by atoms with van der Waals surface area (Å²) in [4.78, 5) is 20.8. The molecular formula is C16H14Cl3N3O. The lowest BCUT2D eigenvalue weighted by atomic mass is 10.1. The third-order valence-corrected chi connectivity index (χ3v) is 4.53. The predicted molar refractivity (Wildman–Crippen MR) is 93.8 cm³/mol. The standard InChI is InChI=1S/C16H14Cl3N3O/c17-11-4-5-13(18)12(10-11)16(23)22-8-6-21(7-9-22)15-3-1-2-14(19)20-15/h1-5,10H,6-9H2. The molecule has 1 fully saturated rings. The number of pyridine rings is 1. The van der Waals surface area contributed by atoms with E-state index in [1.165, 1.54) is 0 Å². The van der Waals surface area contributed by atoms with Crippen LogP contribution in [0.2, 0.25) is 15.2 Å². The molecule has 0 radical (unpaired) electrons. The van der Waals surface area contributed by atoms with Gasteiger partial charge in [0.15, 0.2) is 0 Å². The van der Waals surface area contributed by atoms with Gasteiger partial charge in [-0.25, -0.2) is 4.98 Å². The number of rotatable bonds is 2. The normalized spacial score (nSPS) is 14.9. The first-order valence-corrected chi connectivity index (χ1v) is 8.30. The Labute approximate surface area is 149 Å². The largest absolute Gasteiger partial charge is 0.353 e. The Hall–Kier alpha value is -1.49. The zero-order chi connectivity index (χ0) is 16.4. The van der Waals surface area contributed by atoms with Gasteiger partial charge in [0.05, 0.1) is 10.6 Å². The van der Waals surface area contributed by atoms with Crippen molar-refractivity contribution >= 4 is 46.5 Å². The van der Waals surface area contributed by atoms with Gasteiger partial charge in [-0.1, -0.05) is 40.9 Å². The number of hydrogen-bond acceptors (Lipinski definition) is 3. The van der Waals surface area contributed by atoms with E-state index in [-0.39, 0.29) is 5.91 Å². The highest BCUT2D eigenvalue weighted by Gasteiger charge is 2.24. The molecule has 1 saturated heterocycles. The molecular weight excluding hydrogens is 357 g/mol. The fourth-order valence-electron chi connectivity index (χ4n) is 2.54. The molecule has 0 saturated carbocycles.